The molecule has 0 unspecified atom stereocenters. The van der Waals surface area contributed by atoms with Crippen molar-refractivity contribution in [3.8, 4) is 0 Å². The number of hydrogen-bond acceptors (Lipinski definition) is 1. The van der Waals surface area contributed by atoms with E-state index in [1.807, 2.05) is 31.5 Å². The molecule has 0 aliphatic rings. The summed E-state index contributed by atoms with van der Waals surface area (Å²) in [5.74, 6) is 0. The second-order valence-electron chi connectivity index (χ2n) is 1.76. The van der Waals surface area contributed by atoms with Crippen molar-refractivity contribution < 1.29 is 3.97 Å². The van der Waals surface area contributed by atoms with E-state index in [9.17, 15) is 0 Å². The van der Waals surface area contributed by atoms with E-state index >= 15 is 0 Å². The van der Waals surface area contributed by atoms with Gasteiger partial charge in [-0.25, -0.2) is 0 Å². The van der Waals surface area contributed by atoms with E-state index < -0.39 is 0 Å². The minimum Gasteiger partial charge on any atom is -0.137 e. The van der Waals surface area contributed by atoms with Crippen molar-refractivity contribution in [2.24, 2.45) is 0 Å². The molecule has 0 saturated heterocycles. The third-order valence-corrected chi connectivity index (χ3v) is 1.25. The highest BCUT2D eigenvalue weighted by molar-refractivity contribution is 7.73. The van der Waals surface area contributed by atoms with E-state index in [0.29, 0.717) is 0 Å². The molecule has 0 spiro atoms. The summed E-state index contributed by atoms with van der Waals surface area (Å²) in [5.41, 5.74) is 1.26. The van der Waals surface area contributed by atoms with Crippen molar-refractivity contribution in [3.63, 3.8) is 0 Å². The minimum atomic E-state index is 1.26. The lowest BCUT2D eigenvalue weighted by Gasteiger charge is -1.83. The maximum Gasteiger partial charge on any atom is 0.183 e. The minimum absolute atomic E-state index is 1.26. The molecule has 0 fully saturated rings. The second kappa shape index (κ2) is 2.18. The zero-order chi connectivity index (χ0) is 5.98. The Morgan fingerprint density at radius 1 is 1.38 bits per heavy atom. The van der Waals surface area contributed by atoms with Gasteiger partial charge in [-0.1, -0.05) is 0 Å². The van der Waals surface area contributed by atoms with Crippen LogP contribution in [0.4, 0.5) is 0 Å². The van der Waals surface area contributed by atoms with Crippen LogP contribution >= 0.6 is 12.8 Å². The average Bonchev–Trinajstić information content (AvgIpc) is 1.77. The molecule has 42 valence electrons. The van der Waals surface area contributed by atoms with Crippen LogP contribution in [0.5, 0.6) is 0 Å². The highest BCUT2D eigenvalue weighted by Crippen LogP contribution is 1.88. The van der Waals surface area contributed by atoms with Crippen LogP contribution in [0.15, 0.2) is 24.5 Å². The summed E-state index contributed by atoms with van der Waals surface area (Å²) >= 11 is 4.05. The molecule has 1 aromatic heterocycles. The third kappa shape index (κ3) is 1.23. The summed E-state index contributed by atoms with van der Waals surface area (Å²) < 4.78 is 1.72. The Labute approximate surface area is 54.5 Å². The lowest BCUT2D eigenvalue weighted by molar-refractivity contribution is -0.489. The van der Waals surface area contributed by atoms with Gasteiger partial charge < -0.3 is 0 Å². The Balaban J connectivity index is 3.03. The number of aromatic nitrogens is 1. The van der Waals surface area contributed by atoms with Crippen molar-refractivity contribution in [1.29, 1.82) is 0 Å². The molecular weight excluding hydrogens is 118 g/mol. The molecule has 0 bridgehead atoms. The quantitative estimate of drug-likeness (QED) is 0.390. The summed E-state index contributed by atoms with van der Waals surface area (Å²) in [6.07, 6.45) is 3.80. The molecular formula is C6H8NS+. The van der Waals surface area contributed by atoms with Crippen molar-refractivity contribution in [3.05, 3.63) is 30.1 Å². The van der Waals surface area contributed by atoms with Crippen LogP contribution in [0.3, 0.4) is 0 Å². The Hall–Kier alpha value is -0.500. The lowest BCUT2D eigenvalue weighted by Crippen LogP contribution is -2.17. The molecule has 1 heterocycles. The smallest absolute Gasteiger partial charge is 0.137 e. The largest absolute Gasteiger partial charge is 0.183 e. The first-order chi connectivity index (χ1) is 3.79. The van der Waals surface area contributed by atoms with Gasteiger partial charge in [0.2, 0.25) is 0 Å². The van der Waals surface area contributed by atoms with Gasteiger partial charge in [0.1, 0.15) is 12.8 Å². The maximum absolute atomic E-state index is 4.05. The van der Waals surface area contributed by atoms with E-state index in [4.69, 9.17) is 0 Å². The van der Waals surface area contributed by atoms with Crippen LogP contribution in [0.2, 0.25) is 0 Å². The monoisotopic (exact) mass is 126 g/mol. The van der Waals surface area contributed by atoms with Gasteiger partial charge in [-0.05, 0) is 12.5 Å². The molecule has 1 rings (SSSR count). The van der Waals surface area contributed by atoms with Crippen LogP contribution in [0, 0.1) is 6.92 Å². The maximum atomic E-state index is 4.05. The van der Waals surface area contributed by atoms with Gasteiger partial charge in [0.05, 0.1) is 0 Å². The standard InChI is InChI=1S/C6H8NS/c1-6-2-4-7(8)5-3-6/h2-5,8H,1H3/q+1. The number of thiol groups is 1. The summed E-state index contributed by atoms with van der Waals surface area (Å²) in [6.45, 7) is 2.05. The Morgan fingerprint density at radius 3 is 2.25 bits per heavy atom. The Morgan fingerprint density at radius 2 is 1.88 bits per heavy atom. The zero-order valence-electron chi connectivity index (χ0n) is 4.70. The summed E-state index contributed by atoms with van der Waals surface area (Å²) in [5, 5.41) is 0. The first kappa shape index (κ1) is 5.63. The van der Waals surface area contributed by atoms with Crippen LogP contribution in [-0.4, -0.2) is 0 Å². The molecule has 0 aliphatic carbocycles. The summed E-state index contributed by atoms with van der Waals surface area (Å²) in [4.78, 5) is 0. The van der Waals surface area contributed by atoms with Gasteiger partial charge >= 0.3 is 0 Å². The summed E-state index contributed by atoms with van der Waals surface area (Å²) in [7, 11) is 0. The molecule has 0 atom stereocenters. The molecule has 1 nitrogen and oxygen atoms in total. The first-order valence-electron chi connectivity index (χ1n) is 2.46. The lowest BCUT2D eigenvalue weighted by atomic mass is 10.3. The van der Waals surface area contributed by atoms with Gasteiger partial charge in [-0.15, -0.1) is 3.97 Å². The molecule has 0 radical (unpaired) electrons. The molecule has 0 aromatic carbocycles. The highest BCUT2D eigenvalue weighted by Gasteiger charge is 1.87. The molecule has 0 saturated carbocycles. The van der Waals surface area contributed by atoms with Gasteiger partial charge in [0.15, 0.2) is 12.4 Å². The van der Waals surface area contributed by atoms with Crippen molar-refractivity contribution in [2.75, 3.05) is 0 Å². The number of aryl methyl sites for hydroxylation is 1. The molecule has 1 aromatic rings. The van der Waals surface area contributed by atoms with E-state index in [2.05, 4.69) is 12.8 Å². The van der Waals surface area contributed by atoms with E-state index in [0.717, 1.165) is 0 Å². The summed E-state index contributed by atoms with van der Waals surface area (Å²) in [6, 6.07) is 4.01. The van der Waals surface area contributed by atoms with Crippen molar-refractivity contribution in [1.82, 2.24) is 0 Å². The van der Waals surface area contributed by atoms with Crippen LogP contribution in [-0.2, 0) is 0 Å². The SMILES string of the molecule is Cc1cc[n+](S)cc1. The van der Waals surface area contributed by atoms with Gasteiger partial charge in [-0.3, -0.25) is 0 Å². The zero-order valence-corrected chi connectivity index (χ0v) is 5.60. The molecule has 0 aliphatic heterocycles. The first-order valence-corrected chi connectivity index (χ1v) is 2.86. The number of hydrogen-bond donors (Lipinski definition) is 1. The highest BCUT2D eigenvalue weighted by atomic mass is 32.1. The van der Waals surface area contributed by atoms with Gasteiger partial charge in [-0.2, -0.15) is 0 Å². The third-order valence-electron chi connectivity index (χ3n) is 0.980. The van der Waals surface area contributed by atoms with Gasteiger partial charge in [0, 0.05) is 12.1 Å². The fourth-order valence-electron chi connectivity index (χ4n) is 0.493. The fourth-order valence-corrected chi connectivity index (χ4v) is 0.626. The van der Waals surface area contributed by atoms with Crippen LogP contribution < -0.4 is 3.97 Å². The molecule has 0 amide bonds. The van der Waals surface area contributed by atoms with Gasteiger partial charge in [0.25, 0.3) is 0 Å². The number of pyridine rings is 1. The molecule has 0 N–H and O–H groups in total. The van der Waals surface area contributed by atoms with E-state index in [1.54, 1.807) is 3.97 Å². The van der Waals surface area contributed by atoms with Crippen molar-refractivity contribution >= 4 is 12.8 Å². The second-order valence-corrected chi connectivity index (χ2v) is 2.22. The van der Waals surface area contributed by atoms with Crippen LogP contribution in [0.1, 0.15) is 5.56 Å². The Kier molecular flexibility index (Phi) is 1.53. The predicted octanol–water partition coefficient (Wildman–Crippen LogP) is 0.975. The predicted molar refractivity (Wildman–Crippen MR) is 35.8 cm³/mol. The number of rotatable bonds is 0. The normalized spacial score (nSPS) is 9.25. The average molecular weight is 126 g/mol. The molecule has 2 heteroatoms. The molecule has 8 heavy (non-hydrogen) atoms. The van der Waals surface area contributed by atoms with Crippen LogP contribution in [0.25, 0.3) is 0 Å². The van der Waals surface area contributed by atoms with E-state index in [1.165, 1.54) is 5.56 Å². The topological polar surface area (TPSA) is 3.88 Å². The van der Waals surface area contributed by atoms with Crippen molar-refractivity contribution in [2.45, 2.75) is 6.92 Å². The Bertz CT molecular complexity index is 147. The fraction of sp³-hybridized carbons (Fsp3) is 0.167. The van der Waals surface area contributed by atoms with E-state index in [-0.39, 0.29) is 0 Å². The number of nitrogens with zero attached hydrogens (tertiary/aromatic N) is 1.